The van der Waals surface area contributed by atoms with Gasteiger partial charge in [0.15, 0.2) is 11.5 Å². The highest BCUT2D eigenvalue weighted by Gasteiger charge is 2.67. The zero-order chi connectivity index (χ0) is 43.0. The number of Topliss-reactive ketones (excluding diaryl/α,β-unsaturated/α-hetero) is 1. The van der Waals surface area contributed by atoms with Gasteiger partial charge in [-0.25, -0.2) is 27.2 Å². The van der Waals surface area contributed by atoms with Gasteiger partial charge in [0.1, 0.15) is 18.0 Å². The lowest BCUT2D eigenvalue weighted by atomic mass is 9.77. The Morgan fingerprint density at radius 3 is 2.39 bits per heavy atom. The molecule has 3 heterocycles. The molecule has 1 N–H and O–H groups in total. The van der Waals surface area contributed by atoms with Crippen molar-refractivity contribution in [2.75, 3.05) is 13.7 Å². The van der Waals surface area contributed by atoms with E-state index in [-0.39, 0.29) is 49.2 Å². The van der Waals surface area contributed by atoms with Crippen LogP contribution in [0, 0.1) is 34.5 Å². The Morgan fingerprint density at radius 1 is 1.05 bits per heavy atom. The van der Waals surface area contributed by atoms with Crippen LogP contribution in [0.15, 0.2) is 18.2 Å². The number of fused-ring (bicyclic) bond motifs is 5. The molecule has 5 aliphatic rings. The lowest BCUT2D eigenvalue weighted by Gasteiger charge is -2.35. The predicted molar refractivity (Wildman–Crippen MR) is 204 cm³/mol. The van der Waals surface area contributed by atoms with E-state index in [1.54, 1.807) is 26.8 Å². The van der Waals surface area contributed by atoms with Crippen molar-refractivity contribution in [3.63, 3.8) is 0 Å². The molecule has 3 aliphatic carbocycles. The van der Waals surface area contributed by atoms with Crippen LogP contribution >= 0.6 is 0 Å². The molecule has 1 aromatic heterocycles. The number of alkyl halides is 4. The third kappa shape index (κ3) is 8.35. The van der Waals surface area contributed by atoms with Gasteiger partial charge in [0.2, 0.25) is 34.1 Å². The first-order valence-electron chi connectivity index (χ1n) is 20.3. The number of ether oxygens (including phenoxy) is 3. The average Bonchev–Trinajstić information content (AvgIpc) is 4.10. The smallest absolute Gasteiger partial charge is 0.306 e. The third-order valence-corrected chi connectivity index (χ3v) is 15.4. The molecule has 13 nitrogen and oxygen atoms in total. The first-order chi connectivity index (χ1) is 27.5. The fourth-order valence-electron chi connectivity index (χ4n) is 8.71. The second-order valence-corrected chi connectivity index (χ2v) is 20.8. The Bertz CT molecular complexity index is 2150. The standard InChI is InChI=1S/C41H52F4N4O9S/c1-21-30-20-49(32(21)28(50)19-40(18-25(40)34(42)43)37(53)48-59(54,55)39(5)13-14-39)36(52)24(38(2,3)4)17-31(51)57-29-15-22(29)9-7-8-12-41(44,45)33-35(58-30)47-27-16-23(56-6)10-11-26(27)46-33/h10-11,16,21-22,24-25,29-30,32,34H,7-9,12-15,17-20H2,1-6H3,(H,48,53)/t21-,22-,24-,25+,29-,30+,32+,40-/m1/s1. The number of amides is 2. The fourth-order valence-corrected chi connectivity index (χ4v) is 10.0. The number of methoxy groups -OCH3 is 1. The van der Waals surface area contributed by atoms with Gasteiger partial charge >= 0.3 is 5.97 Å². The number of carbonyl (C=O) groups excluding carboxylic acids is 4. The van der Waals surface area contributed by atoms with E-state index >= 15 is 8.78 Å². The van der Waals surface area contributed by atoms with E-state index < -0.39 is 128 Å². The summed E-state index contributed by atoms with van der Waals surface area (Å²) in [5.74, 6) is -10.7. The lowest BCUT2D eigenvalue weighted by Crippen LogP contribution is -2.50. The fraction of sp³-hybridized carbons (Fsp3) is 0.707. The maximum absolute atomic E-state index is 16.3. The minimum absolute atomic E-state index is 0.0158. The normalized spacial score (nSPS) is 31.8. The van der Waals surface area contributed by atoms with Gasteiger partial charge in [0, 0.05) is 30.7 Å². The molecule has 8 atom stereocenters. The SMILES string of the molecule is COc1ccc2nc3c(nc2c1)O[C@H]1CN(C(=O)[C@H](C(C)(C)C)CC(=O)O[C@@H]2C[C@H]2CCCCC3(F)F)[C@H](C(=O)C[C@]2(C(=O)NS(=O)(=O)C3(C)CC3)C[C@H]2C(F)F)[C@@H]1C. The maximum Gasteiger partial charge on any atom is 0.306 e. The van der Waals surface area contributed by atoms with Crippen LogP contribution in [0.3, 0.4) is 0 Å². The monoisotopic (exact) mass is 852 g/mol. The number of benzene rings is 1. The molecular weight excluding hydrogens is 801 g/mol. The molecule has 1 aromatic carbocycles. The molecule has 4 fully saturated rings. The first-order valence-corrected chi connectivity index (χ1v) is 21.8. The molecule has 18 heteroatoms. The third-order valence-electron chi connectivity index (χ3n) is 13.2. The van der Waals surface area contributed by atoms with Gasteiger partial charge in [-0.15, -0.1) is 0 Å². The molecule has 1 saturated heterocycles. The maximum atomic E-state index is 16.3. The van der Waals surface area contributed by atoms with Crippen LogP contribution in [0.2, 0.25) is 0 Å². The Hall–Kier alpha value is -4.09. The van der Waals surface area contributed by atoms with Gasteiger partial charge < -0.3 is 19.1 Å². The largest absolute Gasteiger partial charge is 0.497 e. The number of carbonyl (C=O) groups is 4. The van der Waals surface area contributed by atoms with E-state index in [0.717, 1.165) is 0 Å². The van der Waals surface area contributed by atoms with Gasteiger partial charge in [-0.1, -0.05) is 34.1 Å². The molecule has 2 aromatic rings. The molecule has 59 heavy (non-hydrogen) atoms. The summed E-state index contributed by atoms with van der Waals surface area (Å²) in [7, 11) is -2.83. The molecule has 0 unspecified atom stereocenters. The number of hydrogen-bond donors (Lipinski definition) is 1. The second-order valence-electron chi connectivity index (χ2n) is 18.6. The first kappa shape index (κ1) is 43.0. The van der Waals surface area contributed by atoms with Crippen LogP contribution in [-0.4, -0.2) is 89.9 Å². The molecule has 2 amide bonds. The van der Waals surface area contributed by atoms with Crippen molar-refractivity contribution in [3.05, 3.63) is 23.9 Å². The summed E-state index contributed by atoms with van der Waals surface area (Å²) in [6.07, 6.45) is -4.72. The summed E-state index contributed by atoms with van der Waals surface area (Å²) >= 11 is 0. The predicted octanol–water partition coefficient (Wildman–Crippen LogP) is 6.11. The second kappa shape index (κ2) is 15.1. The van der Waals surface area contributed by atoms with E-state index in [1.807, 2.05) is 4.72 Å². The van der Waals surface area contributed by atoms with Crippen molar-refractivity contribution in [3.8, 4) is 11.6 Å². The van der Waals surface area contributed by atoms with Gasteiger partial charge in [0.05, 0.1) is 53.2 Å². The van der Waals surface area contributed by atoms with Gasteiger partial charge in [0.25, 0.3) is 5.92 Å². The van der Waals surface area contributed by atoms with Crippen LogP contribution in [0.25, 0.3) is 11.0 Å². The van der Waals surface area contributed by atoms with Crippen LogP contribution in [0.4, 0.5) is 17.6 Å². The van der Waals surface area contributed by atoms with Crippen LogP contribution < -0.4 is 14.2 Å². The van der Waals surface area contributed by atoms with E-state index in [4.69, 9.17) is 14.2 Å². The summed E-state index contributed by atoms with van der Waals surface area (Å²) in [5, 5.41) is 0. The Morgan fingerprint density at radius 2 is 1.76 bits per heavy atom. The molecule has 2 aliphatic heterocycles. The van der Waals surface area contributed by atoms with Gasteiger partial charge in [-0.05, 0) is 68.9 Å². The summed E-state index contributed by atoms with van der Waals surface area (Å²) < 4.78 is 105. The Labute approximate surface area is 340 Å². The van der Waals surface area contributed by atoms with Crippen LogP contribution in [0.1, 0.15) is 105 Å². The molecular formula is C41H52F4N4O9S. The highest BCUT2D eigenvalue weighted by molar-refractivity contribution is 7.91. The summed E-state index contributed by atoms with van der Waals surface area (Å²) in [6.45, 7) is 7.82. The van der Waals surface area contributed by atoms with Gasteiger partial charge in [-0.2, -0.15) is 8.78 Å². The number of halogens is 4. The summed E-state index contributed by atoms with van der Waals surface area (Å²) in [4.78, 5) is 66.4. The van der Waals surface area contributed by atoms with Crippen molar-refractivity contribution >= 4 is 44.6 Å². The zero-order valence-corrected chi connectivity index (χ0v) is 34.9. The topological polar surface area (TPSA) is 171 Å². The van der Waals surface area contributed by atoms with Crippen molar-refractivity contribution in [1.29, 1.82) is 0 Å². The minimum atomic E-state index is -4.26. The summed E-state index contributed by atoms with van der Waals surface area (Å²) in [5.41, 5.74) is -3.38. The van der Waals surface area contributed by atoms with Crippen molar-refractivity contribution in [2.45, 2.75) is 134 Å². The number of aromatic nitrogens is 2. The number of sulfonamides is 1. The summed E-state index contributed by atoms with van der Waals surface area (Å²) in [6, 6.07) is 3.09. The molecule has 2 bridgehead atoms. The lowest BCUT2D eigenvalue weighted by molar-refractivity contribution is -0.154. The highest BCUT2D eigenvalue weighted by Crippen LogP contribution is 2.59. The Kier molecular flexibility index (Phi) is 11.0. The highest BCUT2D eigenvalue weighted by atomic mass is 32.2. The van der Waals surface area contributed by atoms with Gasteiger partial charge in [-0.3, -0.25) is 23.9 Å². The van der Waals surface area contributed by atoms with Crippen molar-refractivity contribution in [2.24, 2.45) is 34.5 Å². The molecule has 0 spiro atoms. The number of ketones is 1. The van der Waals surface area contributed by atoms with E-state index in [0.29, 0.717) is 25.0 Å². The van der Waals surface area contributed by atoms with E-state index in [9.17, 15) is 36.4 Å². The molecule has 7 rings (SSSR count). The van der Waals surface area contributed by atoms with E-state index in [2.05, 4.69) is 9.97 Å². The number of esters is 1. The molecule has 324 valence electrons. The molecule has 3 saturated carbocycles. The van der Waals surface area contributed by atoms with E-state index in [1.165, 1.54) is 38.0 Å². The number of hydrogen-bond acceptors (Lipinski definition) is 11. The van der Waals surface area contributed by atoms with Crippen molar-refractivity contribution < 1.29 is 59.4 Å². The quantitative estimate of drug-likeness (QED) is 0.240. The van der Waals surface area contributed by atoms with Crippen LogP contribution in [0.5, 0.6) is 11.6 Å². The average molecular weight is 853 g/mol. The number of nitrogens with zero attached hydrogens (tertiary/aromatic N) is 3. The minimum Gasteiger partial charge on any atom is -0.497 e. The van der Waals surface area contributed by atoms with Crippen molar-refractivity contribution in [1.82, 2.24) is 19.6 Å². The Balaban J connectivity index is 1.28. The number of nitrogens with one attached hydrogen (secondary N) is 1. The zero-order valence-electron chi connectivity index (χ0n) is 34.1. The van der Waals surface area contributed by atoms with Crippen LogP contribution in [-0.2, 0) is 39.9 Å². The molecule has 0 radical (unpaired) electrons. The number of rotatable bonds is 8.